The first kappa shape index (κ1) is 24.6. The topological polar surface area (TPSA) is 149 Å². The van der Waals surface area contributed by atoms with Crippen LogP contribution in [0, 0.1) is 12.8 Å². The number of carbonyl (C=O) groups is 3. The second-order valence-electron chi connectivity index (χ2n) is 8.69. The highest BCUT2D eigenvalue weighted by molar-refractivity contribution is 6.05. The Labute approximate surface area is 205 Å². The van der Waals surface area contributed by atoms with Gasteiger partial charge in [-0.15, -0.1) is 0 Å². The molecule has 0 bridgehead atoms. The number of rotatable bonds is 10. The van der Waals surface area contributed by atoms with Crippen LogP contribution >= 0.6 is 0 Å². The van der Waals surface area contributed by atoms with Gasteiger partial charge in [-0.1, -0.05) is 18.2 Å². The first-order valence-corrected chi connectivity index (χ1v) is 11.5. The van der Waals surface area contributed by atoms with Crippen LogP contribution in [0.4, 0.5) is 5.69 Å². The largest absolute Gasteiger partial charge is 0.481 e. The highest BCUT2D eigenvalue weighted by atomic mass is 16.4. The number of anilines is 1. The van der Waals surface area contributed by atoms with Crippen molar-refractivity contribution in [1.82, 2.24) is 9.97 Å². The van der Waals surface area contributed by atoms with Gasteiger partial charge in [0.05, 0.1) is 16.8 Å². The van der Waals surface area contributed by atoms with E-state index in [0.717, 1.165) is 22.0 Å². The van der Waals surface area contributed by atoms with Crippen LogP contribution in [0.15, 0.2) is 59.4 Å². The maximum atomic E-state index is 12.6. The molecule has 184 valence electrons. The Morgan fingerprint density at radius 3 is 2.44 bits per heavy atom. The molecule has 3 aromatic carbocycles. The molecule has 0 radical (unpaired) electrons. The third-order valence-electron chi connectivity index (χ3n) is 6.06. The summed E-state index contributed by atoms with van der Waals surface area (Å²) in [6, 6.07) is 16.3. The quantitative estimate of drug-likeness (QED) is 0.193. The molecule has 0 fully saturated rings. The molecule has 4 N–H and O–H groups in total. The van der Waals surface area contributed by atoms with Crippen LogP contribution in [0.2, 0.25) is 0 Å². The maximum Gasteiger partial charge on any atom is 0.306 e. The summed E-state index contributed by atoms with van der Waals surface area (Å²) in [4.78, 5) is 54.3. The highest BCUT2D eigenvalue weighted by Gasteiger charge is 2.23. The molecule has 0 unspecified atom stereocenters. The van der Waals surface area contributed by atoms with Crippen molar-refractivity contribution >= 4 is 45.1 Å². The fraction of sp³-hybridized carbons (Fsp3) is 0.222. The summed E-state index contributed by atoms with van der Waals surface area (Å²) in [5, 5.41) is 23.6. The van der Waals surface area contributed by atoms with Gasteiger partial charge in [0.2, 0.25) is 0 Å². The van der Waals surface area contributed by atoms with E-state index in [0.29, 0.717) is 28.8 Å². The number of Topliss-reactive ketones (excluding diaryl/α,β-unsaturated/α-hetero) is 1. The zero-order valence-electron chi connectivity index (χ0n) is 19.6. The highest BCUT2D eigenvalue weighted by Crippen LogP contribution is 2.24. The van der Waals surface area contributed by atoms with E-state index in [9.17, 15) is 24.3 Å². The van der Waals surface area contributed by atoms with Crippen molar-refractivity contribution in [3.05, 3.63) is 81.9 Å². The molecular weight excluding hydrogens is 462 g/mol. The molecule has 0 aliphatic heterocycles. The van der Waals surface area contributed by atoms with Gasteiger partial charge in [-0.05, 0) is 66.1 Å². The molecule has 0 aliphatic rings. The Bertz CT molecular complexity index is 1520. The zero-order chi connectivity index (χ0) is 25.8. The number of H-pyrrole nitrogens is 1. The third-order valence-corrected chi connectivity index (χ3v) is 6.06. The second kappa shape index (κ2) is 10.4. The average Bonchev–Trinajstić information content (AvgIpc) is 2.84. The maximum absolute atomic E-state index is 12.6. The normalized spacial score (nSPS) is 11.9. The fourth-order valence-corrected chi connectivity index (χ4v) is 4.16. The van der Waals surface area contributed by atoms with Crippen LogP contribution in [0.3, 0.4) is 0 Å². The Hall–Kier alpha value is -4.53. The summed E-state index contributed by atoms with van der Waals surface area (Å²) in [5.74, 6) is -3.11. The number of ketones is 1. The molecule has 9 heteroatoms. The van der Waals surface area contributed by atoms with E-state index in [1.165, 1.54) is 0 Å². The number of benzene rings is 3. The van der Waals surface area contributed by atoms with E-state index in [2.05, 4.69) is 15.3 Å². The number of carboxylic acids is 2. The predicted octanol–water partition coefficient (Wildman–Crippen LogP) is 4.14. The average molecular weight is 488 g/mol. The Balaban J connectivity index is 1.45. The van der Waals surface area contributed by atoms with Crippen LogP contribution in [-0.2, 0) is 16.1 Å². The number of nitrogens with zero attached hydrogens (tertiary/aromatic N) is 1. The minimum Gasteiger partial charge on any atom is -0.481 e. The summed E-state index contributed by atoms with van der Waals surface area (Å²) in [5.41, 5.74) is 2.54. The number of fused-ring (bicyclic) bond motifs is 3. The number of hydrogen-bond acceptors (Lipinski definition) is 6. The van der Waals surface area contributed by atoms with Gasteiger partial charge >= 0.3 is 11.9 Å². The summed E-state index contributed by atoms with van der Waals surface area (Å²) in [7, 11) is 0. The molecule has 1 atom stereocenters. The van der Waals surface area contributed by atoms with E-state index in [1.54, 1.807) is 31.2 Å². The van der Waals surface area contributed by atoms with E-state index in [1.807, 2.05) is 30.3 Å². The number of aryl methyl sites for hydroxylation is 1. The van der Waals surface area contributed by atoms with Gasteiger partial charge in [0, 0.05) is 30.6 Å². The number of nitrogens with one attached hydrogen (secondary N) is 2. The second-order valence-corrected chi connectivity index (χ2v) is 8.69. The van der Waals surface area contributed by atoms with Gasteiger partial charge in [-0.2, -0.15) is 0 Å². The van der Waals surface area contributed by atoms with Crippen LogP contribution in [0.5, 0.6) is 0 Å². The van der Waals surface area contributed by atoms with Gasteiger partial charge in [0.15, 0.2) is 5.78 Å². The van der Waals surface area contributed by atoms with Crippen molar-refractivity contribution in [3.63, 3.8) is 0 Å². The third kappa shape index (κ3) is 5.57. The minimum absolute atomic E-state index is 0.0986. The standard InChI is InChI=1S/C27H25N3O6/c1-15-29-22-10-6-17-3-2-16(12-21(17)25(22)26(34)30-15)14-28-20-8-4-18(5-9-20)23(31)13-19(27(35)36)7-11-24(32)33/h2-6,8-10,12,19,28H,7,11,13-14H2,1H3,(H,32,33)(H,35,36)(H,29,30,34)/t19-/m0/s1. The van der Waals surface area contributed by atoms with Crippen molar-refractivity contribution in [2.45, 2.75) is 32.7 Å². The molecule has 0 spiro atoms. The number of aromatic nitrogens is 2. The smallest absolute Gasteiger partial charge is 0.306 e. The SMILES string of the molecule is Cc1nc2ccc3ccc(CNc4ccc(C(=O)C[C@H](CCC(=O)O)C(=O)O)cc4)cc3c2c(=O)[nH]1. The predicted molar refractivity (Wildman–Crippen MR) is 135 cm³/mol. The molecule has 0 saturated carbocycles. The van der Waals surface area contributed by atoms with Crippen molar-refractivity contribution in [3.8, 4) is 0 Å². The number of carboxylic acid groups (broad SMARTS) is 2. The van der Waals surface area contributed by atoms with E-state index in [4.69, 9.17) is 5.11 Å². The summed E-state index contributed by atoms with van der Waals surface area (Å²) < 4.78 is 0. The van der Waals surface area contributed by atoms with Crippen molar-refractivity contribution in [2.24, 2.45) is 5.92 Å². The fourth-order valence-electron chi connectivity index (χ4n) is 4.16. The number of aliphatic carboxylic acids is 2. The van der Waals surface area contributed by atoms with Gasteiger partial charge in [-0.25, -0.2) is 4.98 Å². The first-order valence-electron chi connectivity index (χ1n) is 11.5. The molecule has 9 nitrogen and oxygen atoms in total. The lowest BCUT2D eigenvalue weighted by Crippen LogP contribution is -2.19. The molecular formula is C27H25N3O6. The molecule has 36 heavy (non-hydrogen) atoms. The Morgan fingerprint density at radius 1 is 1.03 bits per heavy atom. The van der Waals surface area contributed by atoms with Gasteiger partial charge in [0.25, 0.3) is 5.56 Å². The van der Waals surface area contributed by atoms with Crippen molar-refractivity contribution in [2.75, 3.05) is 5.32 Å². The summed E-state index contributed by atoms with van der Waals surface area (Å²) in [6.45, 7) is 2.22. The lowest BCUT2D eigenvalue weighted by atomic mass is 9.94. The van der Waals surface area contributed by atoms with Crippen molar-refractivity contribution in [1.29, 1.82) is 0 Å². The summed E-state index contributed by atoms with van der Waals surface area (Å²) in [6.07, 6.45) is -0.658. The van der Waals surface area contributed by atoms with Gasteiger partial charge < -0.3 is 20.5 Å². The van der Waals surface area contributed by atoms with Crippen LogP contribution in [-0.4, -0.2) is 37.9 Å². The molecule has 0 aliphatic carbocycles. The molecule has 0 saturated heterocycles. The number of aromatic amines is 1. The Kier molecular flexibility index (Phi) is 7.10. The Morgan fingerprint density at radius 2 is 1.75 bits per heavy atom. The van der Waals surface area contributed by atoms with Gasteiger partial charge in [0.1, 0.15) is 5.82 Å². The monoisotopic (exact) mass is 487 g/mol. The molecule has 4 aromatic rings. The van der Waals surface area contributed by atoms with Gasteiger partial charge in [-0.3, -0.25) is 19.2 Å². The lowest BCUT2D eigenvalue weighted by molar-refractivity contribution is -0.142. The number of carbonyl (C=O) groups excluding carboxylic acids is 1. The summed E-state index contributed by atoms with van der Waals surface area (Å²) >= 11 is 0. The van der Waals surface area contributed by atoms with Crippen LogP contribution in [0.25, 0.3) is 21.7 Å². The van der Waals surface area contributed by atoms with E-state index >= 15 is 0 Å². The molecule has 4 rings (SSSR count). The van der Waals surface area contributed by atoms with Crippen molar-refractivity contribution < 1.29 is 24.6 Å². The van der Waals surface area contributed by atoms with Crippen LogP contribution in [0.1, 0.15) is 41.0 Å². The molecule has 1 heterocycles. The first-order chi connectivity index (χ1) is 17.2. The van der Waals surface area contributed by atoms with E-state index < -0.39 is 17.9 Å². The van der Waals surface area contributed by atoms with E-state index in [-0.39, 0.29) is 30.6 Å². The van der Waals surface area contributed by atoms with Crippen LogP contribution < -0.4 is 10.9 Å². The lowest BCUT2D eigenvalue weighted by Gasteiger charge is -2.11. The zero-order valence-corrected chi connectivity index (χ0v) is 19.6. The minimum atomic E-state index is -1.18. The molecule has 0 amide bonds. The number of hydrogen-bond donors (Lipinski definition) is 4. The molecule has 1 aromatic heterocycles.